The highest BCUT2D eigenvalue weighted by atomic mass is 32.2. The van der Waals surface area contributed by atoms with Crippen molar-refractivity contribution in [2.45, 2.75) is 25.3 Å². The lowest BCUT2D eigenvalue weighted by Gasteiger charge is -2.28. The molecule has 0 amide bonds. The molecule has 0 spiro atoms. The predicted octanol–water partition coefficient (Wildman–Crippen LogP) is 2.63. The standard InChI is InChI=1S/C20H26N2O4S/c1-15-12-19(25-3)13-16(2)20(15)27(23,24)21-14-17-4-6-18(7-5-17)22-8-10-26-11-9-22/h4-7,12-13,21H,8-11,14H2,1-3H3. The monoisotopic (exact) mass is 390 g/mol. The molecule has 0 aromatic heterocycles. The molecule has 0 saturated carbocycles. The second-order valence-electron chi connectivity index (χ2n) is 6.68. The van der Waals surface area contributed by atoms with Crippen LogP contribution >= 0.6 is 0 Å². The number of nitrogens with one attached hydrogen (secondary N) is 1. The van der Waals surface area contributed by atoms with E-state index in [2.05, 4.69) is 9.62 Å². The van der Waals surface area contributed by atoms with Gasteiger partial charge in [-0.15, -0.1) is 0 Å². The Bertz CT molecular complexity index is 866. The second kappa shape index (κ2) is 8.29. The number of hydrogen-bond donors (Lipinski definition) is 1. The SMILES string of the molecule is COc1cc(C)c(S(=O)(=O)NCc2ccc(N3CCOCC3)cc2)c(C)c1. The number of rotatable bonds is 6. The minimum atomic E-state index is -3.61. The zero-order chi connectivity index (χ0) is 19.4. The van der Waals surface area contributed by atoms with Crippen LogP contribution < -0.4 is 14.4 Å². The van der Waals surface area contributed by atoms with Crippen LogP contribution in [-0.2, 0) is 21.3 Å². The van der Waals surface area contributed by atoms with Gasteiger partial charge < -0.3 is 14.4 Å². The van der Waals surface area contributed by atoms with Gasteiger partial charge in [-0.3, -0.25) is 0 Å². The molecular formula is C20H26N2O4S. The summed E-state index contributed by atoms with van der Waals surface area (Å²) < 4.78 is 38.9. The highest BCUT2D eigenvalue weighted by Gasteiger charge is 2.20. The van der Waals surface area contributed by atoms with E-state index in [-0.39, 0.29) is 6.54 Å². The van der Waals surface area contributed by atoms with Crippen LogP contribution in [-0.4, -0.2) is 41.8 Å². The Labute approximate surface area is 161 Å². The molecule has 146 valence electrons. The van der Waals surface area contributed by atoms with E-state index in [0.717, 1.165) is 37.6 Å². The third kappa shape index (κ3) is 4.61. The molecule has 1 saturated heterocycles. The van der Waals surface area contributed by atoms with Gasteiger partial charge in [-0.25, -0.2) is 13.1 Å². The van der Waals surface area contributed by atoms with Crippen LogP contribution in [0.15, 0.2) is 41.3 Å². The van der Waals surface area contributed by atoms with Gasteiger partial charge in [-0.2, -0.15) is 0 Å². The van der Waals surface area contributed by atoms with Gasteiger partial charge >= 0.3 is 0 Å². The minimum Gasteiger partial charge on any atom is -0.497 e. The molecule has 6 nitrogen and oxygen atoms in total. The van der Waals surface area contributed by atoms with Crippen molar-refractivity contribution in [1.82, 2.24) is 4.72 Å². The summed E-state index contributed by atoms with van der Waals surface area (Å²) in [5.74, 6) is 0.655. The van der Waals surface area contributed by atoms with Gasteiger partial charge in [0.2, 0.25) is 10.0 Å². The maximum Gasteiger partial charge on any atom is 0.241 e. The summed E-state index contributed by atoms with van der Waals surface area (Å²) >= 11 is 0. The van der Waals surface area contributed by atoms with Crippen LogP contribution in [0.5, 0.6) is 5.75 Å². The third-order valence-electron chi connectivity index (χ3n) is 4.72. The molecule has 0 radical (unpaired) electrons. The zero-order valence-electron chi connectivity index (χ0n) is 16.0. The quantitative estimate of drug-likeness (QED) is 0.821. The van der Waals surface area contributed by atoms with Crippen molar-refractivity contribution < 1.29 is 17.9 Å². The van der Waals surface area contributed by atoms with E-state index in [1.807, 2.05) is 24.3 Å². The number of nitrogens with zero attached hydrogens (tertiary/aromatic N) is 1. The average Bonchev–Trinajstić information content (AvgIpc) is 2.66. The largest absolute Gasteiger partial charge is 0.497 e. The molecule has 1 aliphatic rings. The Morgan fingerprint density at radius 3 is 2.22 bits per heavy atom. The molecular weight excluding hydrogens is 364 g/mol. The molecule has 2 aromatic rings. The number of methoxy groups -OCH3 is 1. The summed E-state index contributed by atoms with van der Waals surface area (Å²) in [7, 11) is -2.04. The first-order valence-electron chi connectivity index (χ1n) is 8.97. The summed E-state index contributed by atoms with van der Waals surface area (Å²) in [6.45, 7) is 7.04. The topological polar surface area (TPSA) is 67.9 Å². The molecule has 1 aliphatic heterocycles. The summed E-state index contributed by atoms with van der Waals surface area (Å²) in [5, 5.41) is 0. The fourth-order valence-electron chi connectivity index (χ4n) is 3.35. The van der Waals surface area contributed by atoms with Crippen molar-refractivity contribution in [3.63, 3.8) is 0 Å². The Morgan fingerprint density at radius 1 is 1.07 bits per heavy atom. The molecule has 27 heavy (non-hydrogen) atoms. The van der Waals surface area contributed by atoms with Crippen molar-refractivity contribution in [3.05, 3.63) is 53.1 Å². The highest BCUT2D eigenvalue weighted by Crippen LogP contribution is 2.26. The van der Waals surface area contributed by atoms with E-state index in [0.29, 0.717) is 21.8 Å². The number of anilines is 1. The lowest BCUT2D eigenvalue weighted by molar-refractivity contribution is 0.122. The second-order valence-corrected chi connectivity index (χ2v) is 8.38. The fourth-order valence-corrected chi connectivity index (χ4v) is 4.82. The number of ether oxygens (including phenoxy) is 2. The van der Waals surface area contributed by atoms with Crippen LogP contribution in [0.4, 0.5) is 5.69 Å². The van der Waals surface area contributed by atoms with Gasteiger partial charge in [0, 0.05) is 25.3 Å². The van der Waals surface area contributed by atoms with Gasteiger partial charge in [0.1, 0.15) is 5.75 Å². The van der Waals surface area contributed by atoms with Crippen LogP contribution in [0, 0.1) is 13.8 Å². The summed E-state index contributed by atoms with van der Waals surface area (Å²) in [6, 6.07) is 11.4. The van der Waals surface area contributed by atoms with Crippen LogP contribution in [0.2, 0.25) is 0 Å². The Hall–Kier alpha value is -2.09. The molecule has 7 heteroatoms. The number of aryl methyl sites for hydroxylation is 2. The summed E-state index contributed by atoms with van der Waals surface area (Å²) in [4.78, 5) is 2.58. The van der Waals surface area contributed by atoms with E-state index in [1.165, 1.54) is 0 Å². The van der Waals surface area contributed by atoms with E-state index >= 15 is 0 Å². The molecule has 1 heterocycles. The molecule has 0 atom stereocenters. The molecule has 0 bridgehead atoms. The Balaban J connectivity index is 1.70. The van der Waals surface area contributed by atoms with Gasteiger partial charge in [0.15, 0.2) is 0 Å². The van der Waals surface area contributed by atoms with Crippen molar-refractivity contribution in [1.29, 1.82) is 0 Å². The van der Waals surface area contributed by atoms with Gasteiger partial charge in [-0.05, 0) is 54.8 Å². The van der Waals surface area contributed by atoms with E-state index < -0.39 is 10.0 Å². The maximum atomic E-state index is 12.8. The lowest BCUT2D eigenvalue weighted by Crippen LogP contribution is -2.36. The molecule has 0 aliphatic carbocycles. The van der Waals surface area contributed by atoms with Crippen molar-refractivity contribution in [3.8, 4) is 5.75 Å². The minimum absolute atomic E-state index is 0.247. The van der Waals surface area contributed by atoms with Crippen molar-refractivity contribution in [2.75, 3.05) is 38.3 Å². The third-order valence-corrected chi connectivity index (χ3v) is 6.42. The van der Waals surface area contributed by atoms with E-state index in [1.54, 1.807) is 33.1 Å². The van der Waals surface area contributed by atoms with Crippen LogP contribution in [0.3, 0.4) is 0 Å². The first kappa shape index (κ1) is 19.7. The predicted molar refractivity (Wildman–Crippen MR) is 106 cm³/mol. The smallest absolute Gasteiger partial charge is 0.241 e. The van der Waals surface area contributed by atoms with Gasteiger partial charge in [-0.1, -0.05) is 12.1 Å². The highest BCUT2D eigenvalue weighted by molar-refractivity contribution is 7.89. The van der Waals surface area contributed by atoms with E-state index in [4.69, 9.17) is 9.47 Å². The Kier molecular flexibility index (Phi) is 6.04. The van der Waals surface area contributed by atoms with Gasteiger partial charge in [0.05, 0.1) is 25.2 Å². The van der Waals surface area contributed by atoms with Crippen LogP contribution in [0.25, 0.3) is 0 Å². The Morgan fingerprint density at radius 2 is 1.67 bits per heavy atom. The maximum absolute atomic E-state index is 12.8. The van der Waals surface area contributed by atoms with Gasteiger partial charge in [0.25, 0.3) is 0 Å². The molecule has 3 rings (SSSR count). The molecule has 2 aromatic carbocycles. The summed E-state index contributed by atoms with van der Waals surface area (Å²) in [6.07, 6.45) is 0. The zero-order valence-corrected chi connectivity index (χ0v) is 16.8. The van der Waals surface area contributed by atoms with Crippen LogP contribution in [0.1, 0.15) is 16.7 Å². The first-order chi connectivity index (χ1) is 12.9. The normalized spacial score (nSPS) is 15.0. The van der Waals surface area contributed by atoms with Crippen molar-refractivity contribution >= 4 is 15.7 Å². The van der Waals surface area contributed by atoms with Crippen molar-refractivity contribution in [2.24, 2.45) is 0 Å². The number of hydrogen-bond acceptors (Lipinski definition) is 5. The first-order valence-corrected chi connectivity index (χ1v) is 10.5. The lowest BCUT2D eigenvalue weighted by atomic mass is 10.1. The fraction of sp³-hybridized carbons (Fsp3) is 0.400. The summed E-state index contributed by atoms with van der Waals surface area (Å²) in [5.41, 5.74) is 3.38. The number of benzene rings is 2. The van der Waals surface area contributed by atoms with E-state index in [9.17, 15) is 8.42 Å². The molecule has 1 fully saturated rings. The number of morpholine rings is 1. The molecule has 0 unspecified atom stereocenters. The number of sulfonamides is 1. The molecule has 1 N–H and O–H groups in total. The average molecular weight is 391 g/mol.